The normalized spacial score (nSPS) is 10.8. The molecule has 0 unspecified atom stereocenters. The van der Waals surface area contributed by atoms with E-state index in [1.165, 1.54) is 10.9 Å². The van der Waals surface area contributed by atoms with Gasteiger partial charge in [0, 0.05) is 29.4 Å². The van der Waals surface area contributed by atoms with E-state index in [0.29, 0.717) is 34.3 Å². The molecule has 0 saturated carbocycles. The van der Waals surface area contributed by atoms with E-state index in [2.05, 4.69) is 15.7 Å². The van der Waals surface area contributed by atoms with Crippen molar-refractivity contribution in [2.45, 2.75) is 6.92 Å². The van der Waals surface area contributed by atoms with Gasteiger partial charge in [-0.1, -0.05) is 23.7 Å². The number of halogens is 1. The fourth-order valence-electron chi connectivity index (χ4n) is 3.55. The zero-order valence-corrected chi connectivity index (χ0v) is 21.6. The summed E-state index contributed by atoms with van der Waals surface area (Å²) in [5, 5.41) is 10.9. The van der Waals surface area contributed by atoms with Crippen molar-refractivity contribution in [1.29, 1.82) is 0 Å². The Morgan fingerprint density at radius 1 is 1.05 bits per heavy atom. The molecule has 3 aromatic carbocycles. The number of carbonyl (C=O) groups excluding carboxylic acids is 1. The summed E-state index contributed by atoms with van der Waals surface area (Å²) >= 11 is 6.01. The zero-order valence-electron chi connectivity index (χ0n) is 20.9. The SMILES string of the molecule is Cc1cccc(Oc2cnn(-c3ccc(Cl)cc3)c(=O)c2Nc2ccc(C(=O)NCCN(C)C)cc2)c1. The van der Waals surface area contributed by atoms with Crippen LogP contribution in [0.1, 0.15) is 15.9 Å². The molecular weight excluding hydrogens is 490 g/mol. The van der Waals surface area contributed by atoms with Crippen LogP contribution in [-0.2, 0) is 0 Å². The van der Waals surface area contributed by atoms with Gasteiger partial charge in [0.2, 0.25) is 0 Å². The molecule has 37 heavy (non-hydrogen) atoms. The molecule has 4 rings (SSSR count). The van der Waals surface area contributed by atoms with E-state index in [9.17, 15) is 9.59 Å². The monoisotopic (exact) mass is 517 g/mol. The van der Waals surface area contributed by atoms with Crippen LogP contribution in [0.5, 0.6) is 11.5 Å². The maximum atomic E-state index is 13.5. The molecule has 0 spiro atoms. The van der Waals surface area contributed by atoms with Crippen LogP contribution in [0.4, 0.5) is 11.4 Å². The average Bonchev–Trinajstić information content (AvgIpc) is 2.87. The molecule has 2 N–H and O–H groups in total. The number of hydrogen-bond acceptors (Lipinski definition) is 6. The number of hydrogen-bond donors (Lipinski definition) is 2. The highest BCUT2D eigenvalue weighted by atomic mass is 35.5. The summed E-state index contributed by atoms with van der Waals surface area (Å²) in [6.45, 7) is 3.25. The van der Waals surface area contributed by atoms with Gasteiger partial charge in [-0.3, -0.25) is 9.59 Å². The molecule has 9 heteroatoms. The molecule has 0 aliphatic carbocycles. The van der Waals surface area contributed by atoms with Crippen LogP contribution in [-0.4, -0.2) is 47.8 Å². The highest BCUT2D eigenvalue weighted by Crippen LogP contribution is 2.29. The fourth-order valence-corrected chi connectivity index (χ4v) is 3.67. The lowest BCUT2D eigenvalue weighted by Crippen LogP contribution is -2.31. The first-order valence-electron chi connectivity index (χ1n) is 11.7. The van der Waals surface area contributed by atoms with Crippen molar-refractivity contribution in [3.8, 4) is 17.2 Å². The number of likely N-dealkylation sites (N-methyl/N-ethyl adjacent to an activating group) is 1. The van der Waals surface area contributed by atoms with E-state index in [-0.39, 0.29) is 17.3 Å². The molecule has 4 aromatic rings. The predicted octanol–water partition coefficient (Wildman–Crippen LogP) is 5.02. The Labute approximate surface area is 220 Å². The molecule has 0 saturated heterocycles. The number of nitrogens with zero attached hydrogens (tertiary/aromatic N) is 3. The number of carbonyl (C=O) groups is 1. The summed E-state index contributed by atoms with van der Waals surface area (Å²) in [4.78, 5) is 28.0. The summed E-state index contributed by atoms with van der Waals surface area (Å²) in [5.74, 6) is 0.690. The summed E-state index contributed by atoms with van der Waals surface area (Å²) in [7, 11) is 3.90. The van der Waals surface area contributed by atoms with Gasteiger partial charge in [0.1, 0.15) is 5.75 Å². The third-order valence-corrected chi connectivity index (χ3v) is 5.74. The van der Waals surface area contributed by atoms with Gasteiger partial charge in [0.15, 0.2) is 11.4 Å². The topological polar surface area (TPSA) is 88.5 Å². The quantitative estimate of drug-likeness (QED) is 0.324. The summed E-state index contributed by atoms with van der Waals surface area (Å²) in [6, 6.07) is 21.2. The average molecular weight is 518 g/mol. The minimum atomic E-state index is -0.405. The Bertz CT molecular complexity index is 1430. The third kappa shape index (κ3) is 6.75. The van der Waals surface area contributed by atoms with Gasteiger partial charge in [-0.25, -0.2) is 0 Å². The van der Waals surface area contributed by atoms with Gasteiger partial charge >= 0.3 is 0 Å². The number of nitrogens with one attached hydrogen (secondary N) is 2. The Hall–Kier alpha value is -4.14. The number of aromatic nitrogens is 2. The fraction of sp³-hybridized carbons (Fsp3) is 0.179. The van der Waals surface area contributed by atoms with Gasteiger partial charge in [0.25, 0.3) is 11.5 Å². The van der Waals surface area contributed by atoms with E-state index < -0.39 is 5.56 Å². The van der Waals surface area contributed by atoms with Crippen LogP contribution in [0.2, 0.25) is 5.02 Å². The van der Waals surface area contributed by atoms with E-state index in [1.54, 1.807) is 48.5 Å². The second-order valence-corrected chi connectivity index (χ2v) is 9.19. The predicted molar refractivity (Wildman–Crippen MR) is 147 cm³/mol. The van der Waals surface area contributed by atoms with Gasteiger partial charge in [-0.05, 0) is 87.2 Å². The van der Waals surface area contributed by atoms with Crippen molar-refractivity contribution in [2.75, 3.05) is 32.5 Å². The van der Waals surface area contributed by atoms with Gasteiger partial charge in [-0.2, -0.15) is 9.78 Å². The van der Waals surface area contributed by atoms with Crippen LogP contribution in [0.25, 0.3) is 5.69 Å². The van der Waals surface area contributed by atoms with Crippen LogP contribution in [0.3, 0.4) is 0 Å². The summed E-state index contributed by atoms with van der Waals surface area (Å²) in [5.41, 5.74) is 2.52. The molecule has 0 bridgehead atoms. The number of benzene rings is 3. The molecule has 0 aliphatic rings. The molecule has 1 heterocycles. The number of anilines is 2. The molecule has 0 aliphatic heterocycles. The maximum Gasteiger partial charge on any atom is 0.299 e. The van der Waals surface area contributed by atoms with Crippen molar-refractivity contribution in [3.63, 3.8) is 0 Å². The van der Waals surface area contributed by atoms with Crippen molar-refractivity contribution < 1.29 is 9.53 Å². The van der Waals surface area contributed by atoms with Crippen molar-refractivity contribution in [2.24, 2.45) is 0 Å². The molecule has 0 fully saturated rings. The molecular formula is C28H28ClN5O3. The van der Waals surface area contributed by atoms with Crippen LogP contribution in [0, 0.1) is 6.92 Å². The Morgan fingerprint density at radius 2 is 1.78 bits per heavy atom. The van der Waals surface area contributed by atoms with Crippen molar-refractivity contribution in [1.82, 2.24) is 20.0 Å². The lowest BCUT2D eigenvalue weighted by Gasteiger charge is -2.15. The Kier molecular flexibility index (Phi) is 8.22. The highest BCUT2D eigenvalue weighted by Gasteiger charge is 2.16. The largest absolute Gasteiger partial charge is 0.453 e. The standard InChI is InChI=1S/C28H28ClN5O3/c1-19-5-4-6-24(17-19)37-25-18-31-34(23-13-9-21(29)10-14-23)28(36)26(25)32-22-11-7-20(8-12-22)27(35)30-15-16-33(2)3/h4-14,17-18,32H,15-16H2,1-3H3,(H,30,35). The first-order chi connectivity index (χ1) is 17.8. The molecule has 8 nitrogen and oxygen atoms in total. The summed E-state index contributed by atoms with van der Waals surface area (Å²) < 4.78 is 7.32. The van der Waals surface area contributed by atoms with E-state index in [1.807, 2.05) is 50.2 Å². The summed E-state index contributed by atoms with van der Waals surface area (Å²) in [6.07, 6.45) is 1.49. The zero-order chi connectivity index (χ0) is 26.4. The van der Waals surface area contributed by atoms with Crippen LogP contribution < -0.4 is 20.9 Å². The lowest BCUT2D eigenvalue weighted by molar-refractivity contribution is 0.0951. The molecule has 1 aromatic heterocycles. The Morgan fingerprint density at radius 3 is 2.46 bits per heavy atom. The minimum absolute atomic E-state index is 0.161. The van der Waals surface area contributed by atoms with Gasteiger partial charge < -0.3 is 20.3 Å². The molecule has 190 valence electrons. The number of aryl methyl sites for hydroxylation is 1. The highest BCUT2D eigenvalue weighted by molar-refractivity contribution is 6.30. The number of rotatable bonds is 9. The first kappa shape index (κ1) is 25.9. The van der Waals surface area contributed by atoms with E-state index >= 15 is 0 Å². The van der Waals surface area contributed by atoms with Crippen molar-refractivity contribution >= 4 is 28.9 Å². The lowest BCUT2D eigenvalue weighted by atomic mass is 10.2. The second-order valence-electron chi connectivity index (χ2n) is 8.76. The second kappa shape index (κ2) is 11.7. The van der Waals surface area contributed by atoms with Gasteiger partial charge in [0.05, 0.1) is 11.9 Å². The van der Waals surface area contributed by atoms with Crippen LogP contribution in [0.15, 0.2) is 83.8 Å². The Balaban J connectivity index is 1.64. The molecule has 0 atom stereocenters. The third-order valence-electron chi connectivity index (χ3n) is 5.49. The smallest absolute Gasteiger partial charge is 0.299 e. The van der Waals surface area contributed by atoms with E-state index in [4.69, 9.17) is 16.3 Å². The van der Waals surface area contributed by atoms with Crippen LogP contribution >= 0.6 is 11.6 Å². The van der Waals surface area contributed by atoms with Crippen molar-refractivity contribution in [3.05, 3.63) is 105 Å². The van der Waals surface area contributed by atoms with E-state index in [0.717, 1.165) is 12.1 Å². The minimum Gasteiger partial charge on any atom is -0.453 e. The number of amides is 1. The van der Waals surface area contributed by atoms with Gasteiger partial charge in [-0.15, -0.1) is 0 Å². The molecule has 0 radical (unpaired) electrons. The molecule has 1 amide bonds. The maximum absolute atomic E-state index is 13.5. The number of ether oxygens (including phenoxy) is 1. The first-order valence-corrected chi connectivity index (χ1v) is 12.1.